The molecule has 29 heavy (non-hydrogen) atoms. The molecule has 4 rings (SSSR count). The molecule has 2 saturated heterocycles. The van der Waals surface area contributed by atoms with Gasteiger partial charge in [-0.2, -0.15) is 0 Å². The SMILES string of the molecule is CN1CC(C(=O)N2CCCCC(NC(=O)c3ccc4c(c3)COC4)C2)CCC1=O. The minimum absolute atomic E-state index is 0.0543. The number of carbonyl (C=O) groups excluding carboxylic acids is 3. The average molecular weight is 399 g/mol. The Hall–Kier alpha value is -2.41. The van der Waals surface area contributed by atoms with Gasteiger partial charge in [-0.1, -0.05) is 6.07 Å². The maximum Gasteiger partial charge on any atom is 0.251 e. The van der Waals surface area contributed by atoms with Crippen molar-refractivity contribution < 1.29 is 19.1 Å². The number of nitrogens with one attached hydrogen (secondary N) is 1. The summed E-state index contributed by atoms with van der Waals surface area (Å²) in [6.45, 7) is 2.91. The number of nitrogens with zero attached hydrogens (tertiary/aromatic N) is 2. The van der Waals surface area contributed by atoms with E-state index in [0.29, 0.717) is 44.7 Å². The van der Waals surface area contributed by atoms with Crippen molar-refractivity contribution >= 4 is 17.7 Å². The standard InChI is InChI=1S/C22H29N3O4/c1-24-11-16(7-8-20(24)26)22(28)25-9-3-2-4-19(12-25)23-21(27)15-5-6-17-13-29-14-18(17)10-15/h5-6,10,16,19H,2-4,7-9,11-14H2,1H3,(H,23,27). The van der Waals surface area contributed by atoms with Crippen molar-refractivity contribution in [2.45, 2.75) is 51.4 Å². The van der Waals surface area contributed by atoms with E-state index in [4.69, 9.17) is 4.74 Å². The molecule has 3 heterocycles. The summed E-state index contributed by atoms with van der Waals surface area (Å²) in [7, 11) is 1.76. The third-order valence-corrected chi connectivity index (χ3v) is 6.28. The quantitative estimate of drug-likeness (QED) is 0.839. The number of hydrogen-bond donors (Lipinski definition) is 1. The summed E-state index contributed by atoms with van der Waals surface area (Å²) >= 11 is 0. The van der Waals surface area contributed by atoms with Crippen LogP contribution in [0.1, 0.15) is 53.6 Å². The van der Waals surface area contributed by atoms with E-state index < -0.39 is 0 Å². The molecule has 7 heteroatoms. The normalized spacial score (nSPS) is 24.8. The first-order valence-electron chi connectivity index (χ1n) is 10.5. The molecule has 0 bridgehead atoms. The number of rotatable bonds is 3. The molecule has 0 radical (unpaired) electrons. The summed E-state index contributed by atoms with van der Waals surface area (Å²) in [6, 6.07) is 5.66. The van der Waals surface area contributed by atoms with Gasteiger partial charge >= 0.3 is 0 Å². The van der Waals surface area contributed by atoms with Crippen molar-refractivity contribution in [3.63, 3.8) is 0 Å². The summed E-state index contributed by atoms with van der Waals surface area (Å²) in [6.07, 6.45) is 3.84. The van der Waals surface area contributed by atoms with Crippen molar-refractivity contribution in [2.24, 2.45) is 5.92 Å². The predicted molar refractivity (Wildman–Crippen MR) is 107 cm³/mol. The highest BCUT2D eigenvalue weighted by Gasteiger charge is 2.33. The second-order valence-electron chi connectivity index (χ2n) is 8.44. The zero-order valence-electron chi connectivity index (χ0n) is 17.0. The maximum atomic E-state index is 13.0. The van der Waals surface area contributed by atoms with Crippen LogP contribution in [0.3, 0.4) is 0 Å². The maximum absolute atomic E-state index is 13.0. The lowest BCUT2D eigenvalue weighted by molar-refractivity contribution is -0.142. The average Bonchev–Trinajstić information content (AvgIpc) is 3.07. The lowest BCUT2D eigenvalue weighted by Gasteiger charge is -2.33. The molecule has 0 saturated carbocycles. The molecule has 7 nitrogen and oxygen atoms in total. The number of hydrogen-bond acceptors (Lipinski definition) is 4. The van der Waals surface area contributed by atoms with Gasteiger partial charge in [0, 0.05) is 44.7 Å². The molecular formula is C22H29N3O4. The summed E-state index contributed by atoms with van der Waals surface area (Å²) in [4.78, 5) is 41.1. The lowest BCUT2D eigenvalue weighted by Crippen LogP contribution is -2.49. The van der Waals surface area contributed by atoms with Crippen molar-refractivity contribution in [1.82, 2.24) is 15.1 Å². The van der Waals surface area contributed by atoms with E-state index in [1.165, 1.54) is 0 Å². The third kappa shape index (κ3) is 4.45. The van der Waals surface area contributed by atoms with Crippen LogP contribution in [0.25, 0.3) is 0 Å². The Kier molecular flexibility index (Phi) is 5.85. The second-order valence-corrected chi connectivity index (χ2v) is 8.44. The van der Waals surface area contributed by atoms with Crippen LogP contribution in [0, 0.1) is 5.92 Å². The Bertz CT molecular complexity index is 809. The van der Waals surface area contributed by atoms with Gasteiger partial charge in [-0.3, -0.25) is 14.4 Å². The highest BCUT2D eigenvalue weighted by Crippen LogP contribution is 2.23. The highest BCUT2D eigenvalue weighted by atomic mass is 16.5. The van der Waals surface area contributed by atoms with Crippen LogP contribution in [0.5, 0.6) is 0 Å². The summed E-state index contributed by atoms with van der Waals surface area (Å²) in [5.74, 6) is -0.0131. The van der Waals surface area contributed by atoms with E-state index in [1.807, 2.05) is 23.1 Å². The van der Waals surface area contributed by atoms with E-state index in [-0.39, 0.29) is 29.7 Å². The van der Waals surface area contributed by atoms with Crippen LogP contribution in [-0.2, 0) is 27.5 Å². The number of fused-ring (bicyclic) bond motifs is 1. The Balaban J connectivity index is 1.38. The van der Waals surface area contributed by atoms with E-state index >= 15 is 0 Å². The highest BCUT2D eigenvalue weighted by molar-refractivity contribution is 5.94. The van der Waals surface area contributed by atoms with E-state index in [9.17, 15) is 14.4 Å². The minimum atomic E-state index is -0.135. The number of piperidine rings is 1. The predicted octanol–water partition coefficient (Wildman–Crippen LogP) is 1.70. The minimum Gasteiger partial charge on any atom is -0.372 e. The van der Waals surface area contributed by atoms with E-state index in [1.54, 1.807) is 11.9 Å². The first-order chi connectivity index (χ1) is 14.0. The molecule has 3 aliphatic heterocycles. The van der Waals surface area contributed by atoms with Gasteiger partial charge in [-0.05, 0) is 48.9 Å². The Morgan fingerprint density at radius 2 is 1.93 bits per heavy atom. The molecule has 3 aliphatic rings. The topological polar surface area (TPSA) is 79.0 Å². The number of benzene rings is 1. The zero-order chi connectivity index (χ0) is 20.4. The number of likely N-dealkylation sites (tertiary alicyclic amines) is 2. The molecule has 2 fully saturated rings. The van der Waals surface area contributed by atoms with Gasteiger partial charge < -0.3 is 19.9 Å². The molecule has 1 aromatic rings. The Morgan fingerprint density at radius 3 is 2.76 bits per heavy atom. The smallest absolute Gasteiger partial charge is 0.251 e. The lowest BCUT2D eigenvalue weighted by atomic mass is 9.96. The van der Waals surface area contributed by atoms with Gasteiger partial charge in [-0.25, -0.2) is 0 Å². The Labute approximate surface area is 171 Å². The largest absolute Gasteiger partial charge is 0.372 e. The molecule has 0 spiro atoms. The van der Waals surface area contributed by atoms with E-state index in [0.717, 1.165) is 36.9 Å². The monoisotopic (exact) mass is 399 g/mol. The zero-order valence-corrected chi connectivity index (χ0v) is 17.0. The van der Waals surface area contributed by atoms with Gasteiger partial charge in [0.25, 0.3) is 5.91 Å². The molecule has 0 aromatic heterocycles. The third-order valence-electron chi connectivity index (χ3n) is 6.28. The van der Waals surface area contributed by atoms with Crippen molar-refractivity contribution in [1.29, 1.82) is 0 Å². The molecule has 2 atom stereocenters. The van der Waals surface area contributed by atoms with E-state index in [2.05, 4.69) is 5.32 Å². The van der Waals surface area contributed by atoms with Crippen LogP contribution < -0.4 is 5.32 Å². The molecule has 156 valence electrons. The fourth-order valence-electron chi connectivity index (χ4n) is 4.51. The molecule has 2 unspecified atom stereocenters. The van der Waals surface area contributed by atoms with Crippen molar-refractivity contribution in [3.05, 3.63) is 34.9 Å². The molecule has 3 amide bonds. The van der Waals surface area contributed by atoms with Gasteiger partial charge in [0.1, 0.15) is 0 Å². The number of carbonyl (C=O) groups is 3. The van der Waals surface area contributed by atoms with Crippen LogP contribution in [0.15, 0.2) is 18.2 Å². The fraction of sp³-hybridized carbons (Fsp3) is 0.591. The first-order valence-corrected chi connectivity index (χ1v) is 10.5. The van der Waals surface area contributed by atoms with Crippen molar-refractivity contribution in [2.75, 3.05) is 26.7 Å². The van der Waals surface area contributed by atoms with Gasteiger partial charge in [-0.15, -0.1) is 0 Å². The molecular weight excluding hydrogens is 370 g/mol. The van der Waals surface area contributed by atoms with Crippen LogP contribution in [0.4, 0.5) is 0 Å². The summed E-state index contributed by atoms with van der Waals surface area (Å²) in [5.41, 5.74) is 2.86. The molecule has 1 N–H and O–H groups in total. The van der Waals surface area contributed by atoms with Crippen LogP contribution in [-0.4, -0.2) is 60.2 Å². The molecule has 0 aliphatic carbocycles. The number of ether oxygens (including phenoxy) is 1. The van der Waals surface area contributed by atoms with Crippen LogP contribution in [0.2, 0.25) is 0 Å². The first kappa shape index (κ1) is 19.9. The van der Waals surface area contributed by atoms with Crippen LogP contribution >= 0.6 is 0 Å². The second kappa shape index (κ2) is 8.53. The number of amides is 3. The molecule has 1 aromatic carbocycles. The van der Waals surface area contributed by atoms with Gasteiger partial charge in [0.15, 0.2) is 0 Å². The summed E-state index contributed by atoms with van der Waals surface area (Å²) < 4.78 is 5.43. The van der Waals surface area contributed by atoms with Gasteiger partial charge in [0.05, 0.1) is 19.1 Å². The van der Waals surface area contributed by atoms with Crippen molar-refractivity contribution in [3.8, 4) is 0 Å². The fourth-order valence-corrected chi connectivity index (χ4v) is 4.51. The Morgan fingerprint density at radius 1 is 1.10 bits per heavy atom. The summed E-state index contributed by atoms with van der Waals surface area (Å²) in [5, 5.41) is 3.13. The van der Waals surface area contributed by atoms with Gasteiger partial charge in [0.2, 0.25) is 11.8 Å².